The lowest BCUT2D eigenvalue weighted by molar-refractivity contribution is 0.138. The van der Waals surface area contributed by atoms with E-state index in [-0.39, 0.29) is 12.0 Å². The maximum absolute atomic E-state index is 9.30. The van der Waals surface area contributed by atoms with Crippen molar-refractivity contribution in [1.82, 2.24) is 0 Å². The summed E-state index contributed by atoms with van der Waals surface area (Å²) in [6, 6.07) is 8.52. The number of hydrogen-bond donors (Lipinski definition) is 1. The summed E-state index contributed by atoms with van der Waals surface area (Å²) >= 11 is 2.30. The first-order valence-electron chi connectivity index (χ1n) is 4.95. The molecule has 0 saturated carbocycles. The molecule has 1 rings (SSSR count). The normalized spacial score (nSPS) is 15.1. The highest BCUT2D eigenvalue weighted by atomic mass is 127. The lowest BCUT2D eigenvalue weighted by atomic mass is 9.82. The summed E-state index contributed by atoms with van der Waals surface area (Å²) in [4.78, 5) is 0. The van der Waals surface area contributed by atoms with E-state index in [4.69, 9.17) is 0 Å². The average Bonchev–Trinajstić information content (AvgIpc) is 2.21. The summed E-state index contributed by atoms with van der Waals surface area (Å²) in [6.07, 6.45) is 1.96. The Bertz CT molecular complexity index is 275. The van der Waals surface area contributed by atoms with Gasteiger partial charge in [-0.3, -0.25) is 0 Å². The molecule has 0 aliphatic rings. The third kappa shape index (κ3) is 3.24. The summed E-state index contributed by atoms with van der Waals surface area (Å²) in [7, 11) is 0. The molecule has 0 heterocycles. The SMILES string of the molecule is CCC(C)(CO)Cc1ccc(I)cc1. The zero-order valence-electron chi connectivity index (χ0n) is 8.76. The van der Waals surface area contributed by atoms with Crippen LogP contribution in [0.4, 0.5) is 0 Å². The van der Waals surface area contributed by atoms with Gasteiger partial charge in [-0.05, 0) is 58.5 Å². The molecule has 0 aliphatic carbocycles. The third-order valence-corrected chi connectivity index (χ3v) is 3.50. The predicted octanol–water partition coefficient (Wildman–Crippen LogP) is 3.24. The number of rotatable bonds is 4. The number of aliphatic hydroxyl groups is 1. The van der Waals surface area contributed by atoms with E-state index in [9.17, 15) is 5.11 Å². The van der Waals surface area contributed by atoms with Crippen LogP contribution in [0.1, 0.15) is 25.8 Å². The molecule has 1 unspecified atom stereocenters. The second kappa shape index (κ2) is 5.12. The molecule has 1 aromatic carbocycles. The Hall–Kier alpha value is -0.0900. The van der Waals surface area contributed by atoms with E-state index < -0.39 is 0 Å². The van der Waals surface area contributed by atoms with Crippen LogP contribution in [0.5, 0.6) is 0 Å². The summed E-state index contributed by atoms with van der Waals surface area (Å²) in [5.41, 5.74) is 1.34. The molecule has 0 bridgehead atoms. The number of aliphatic hydroxyl groups excluding tert-OH is 1. The smallest absolute Gasteiger partial charge is 0.0487 e. The Morgan fingerprint density at radius 1 is 1.29 bits per heavy atom. The monoisotopic (exact) mass is 304 g/mol. The number of benzene rings is 1. The van der Waals surface area contributed by atoms with Crippen LogP contribution in [0.25, 0.3) is 0 Å². The van der Waals surface area contributed by atoms with Crippen LogP contribution in [-0.4, -0.2) is 11.7 Å². The molecule has 78 valence electrons. The highest BCUT2D eigenvalue weighted by Gasteiger charge is 2.21. The molecule has 1 atom stereocenters. The number of halogens is 1. The minimum atomic E-state index is 0.0345. The summed E-state index contributed by atoms with van der Waals surface area (Å²) in [5, 5.41) is 9.30. The van der Waals surface area contributed by atoms with Gasteiger partial charge in [0.25, 0.3) is 0 Å². The molecule has 1 N–H and O–H groups in total. The zero-order chi connectivity index (χ0) is 10.6. The summed E-state index contributed by atoms with van der Waals surface area (Å²) in [5.74, 6) is 0. The van der Waals surface area contributed by atoms with Gasteiger partial charge in [0.15, 0.2) is 0 Å². The van der Waals surface area contributed by atoms with Crippen molar-refractivity contribution in [2.75, 3.05) is 6.61 Å². The van der Waals surface area contributed by atoms with E-state index in [1.54, 1.807) is 0 Å². The molecule has 0 saturated heterocycles. The molecule has 0 amide bonds. The Morgan fingerprint density at radius 2 is 1.86 bits per heavy atom. The van der Waals surface area contributed by atoms with Gasteiger partial charge >= 0.3 is 0 Å². The van der Waals surface area contributed by atoms with Gasteiger partial charge < -0.3 is 5.11 Å². The van der Waals surface area contributed by atoms with Crippen molar-refractivity contribution in [2.45, 2.75) is 26.7 Å². The van der Waals surface area contributed by atoms with Gasteiger partial charge in [-0.15, -0.1) is 0 Å². The van der Waals surface area contributed by atoms with Crippen LogP contribution in [-0.2, 0) is 6.42 Å². The molecular formula is C12H17IO. The molecule has 0 radical (unpaired) electrons. The topological polar surface area (TPSA) is 20.2 Å². The van der Waals surface area contributed by atoms with Crippen LogP contribution in [0.3, 0.4) is 0 Å². The molecule has 1 nitrogen and oxygen atoms in total. The van der Waals surface area contributed by atoms with Crippen LogP contribution in [0.15, 0.2) is 24.3 Å². The Labute approximate surface area is 99.7 Å². The van der Waals surface area contributed by atoms with Gasteiger partial charge in [0.1, 0.15) is 0 Å². The van der Waals surface area contributed by atoms with Gasteiger partial charge in [0.05, 0.1) is 0 Å². The highest BCUT2D eigenvalue weighted by Crippen LogP contribution is 2.25. The molecule has 1 aromatic rings. The molecule has 0 aliphatic heterocycles. The van der Waals surface area contributed by atoms with Crippen LogP contribution in [0.2, 0.25) is 0 Å². The molecule has 0 spiro atoms. The van der Waals surface area contributed by atoms with Crippen molar-refractivity contribution in [2.24, 2.45) is 5.41 Å². The minimum Gasteiger partial charge on any atom is -0.396 e. The van der Waals surface area contributed by atoms with Gasteiger partial charge in [-0.25, -0.2) is 0 Å². The second-order valence-corrected chi connectivity index (χ2v) is 5.37. The van der Waals surface area contributed by atoms with Gasteiger partial charge in [-0.2, -0.15) is 0 Å². The molecule has 0 fully saturated rings. The van der Waals surface area contributed by atoms with Gasteiger partial charge in [0, 0.05) is 10.2 Å². The predicted molar refractivity (Wildman–Crippen MR) is 68.3 cm³/mol. The molecular weight excluding hydrogens is 287 g/mol. The van der Waals surface area contributed by atoms with Crippen molar-refractivity contribution in [1.29, 1.82) is 0 Å². The fraction of sp³-hybridized carbons (Fsp3) is 0.500. The maximum Gasteiger partial charge on any atom is 0.0487 e. The maximum atomic E-state index is 9.30. The fourth-order valence-corrected chi connectivity index (χ4v) is 1.75. The van der Waals surface area contributed by atoms with E-state index in [0.29, 0.717) is 0 Å². The first-order chi connectivity index (χ1) is 6.59. The van der Waals surface area contributed by atoms with Crippen molar-refractivity contribution in [3.8, 4) is 0 Å². The largest absolute Gasteiger partial charge is 0.396 e. The lowest BCUT2D eigenvalue weighted by Gasteiger charge is -2.25. The standard InChI is InChI=1S/C12H17IO/c1-3-12(2,9-14)8-10-4-6-11(13)7-5-10/h4-7,14H,3,8-9H2,1-2H3. The highest BCUT2D eigenvalue weighted by molar-refractivity contribution is 14.1. The van der Waals surface area contributed by atoms with Crippen LogP contribution < -0.4 is 0 Å². The second-order valence-electron chi connectivity index (χ2n) is 4.13. The zero-order valence-corrected chi connectivity index (χ0v) is 10.9. The molecule has 0 aromatic heterocycles. The van der Waals surface area contributed by atoms with E-state index in [1.807, 2.05) is 0 Å². The van der Waals surface area contributed by atoms with E-state index >= 15 is 0 Å². The Kier molecular flexibility index (Phi) is 4.38. The molecule has 14 heavy (non-hydrogen) atoms. The van der Waals surface area contributed by atoms with Crippen molar-refractivity contribution < 1.29 is 5.11 Å². The Morgan fingerprint density at radius 3 is 2.29 bits per heavy atom. The van der Waals surface area contributed by atoms with Crippen molar-refractivity contribution in [3.05, 3.63) is 33.4 Å². The summed E-state index contributed by atoms with van der Waals surface area (Å²) in [6.45, 7) is 4.52. The third-order valence-electron chi connectivity index (χ3n) is 2.78. The van der Waals surface area contributed by atoms with E-state index in [1.165, 1.54) is 9.13 Å². The quantitative estimate of drug-likeness (QED) is 0.847. The van der Waals surface area contributed by atoms with E-state index in [2.05, 4.69) is 60.7 Å². The van der Waals surface area contributed by atoms with Crippen molar-refractivity contribution in [3.63, 3.8) is 0 Å². The van der Waals surface area contributed by atoms with Crippen molar-refractivity contribution >= 4 is 22.6 Å². The first-order valence-corrected chi connectivity index (χ1v) is 6.03. The average molecular weight is 304 g/mol. The fourth-order valence-electron chi connectivity index (χ4n) is 1.39. The van der Waals surface area contributed by atoms with E-state index in [0.717, 1.165) is 12.8 Å². The van der Waals surface area contributed by atoms with Crippen LogP contribution >= 0.6 is 22.6 Å². The summed E-state index contributed by atoms with van der Waals surface area (Å²) < 4.78 is 1.26. The van der Waals surface area contributed by atoms with Gasteiger partial charge in [-0.1, -0.05) is 26.0 Å². The van der Waals surface area contributed by atoms with Gasteiger partial charge in [0.2, 0.25) is 0 Å². The lowest BCUT2D eigenvalue weighted by Crippen LogP contribution is -2.23. The van der Waals surface area contributed by atoms with Crippen LogP contribution in [0, 0.1) is 8.99 Å². The minimum absolute atomic E-state index is 0.0345. The molecule has 2 heteroatoms. The first kappa shape index (κ1) is 12.0. The Balaban J connectivity index is 2.72. The number of hydrogen-bond acceptors (Lipinski definition) is 1.